The van der Waals surface area contributed by atoms with Crippen LogP contribution in [0, 0.1) is 5.92 Å². The van der Waals surface area contributed by atoms with Crippen LogP contribution < -0.4 is 5.32 Å². The van der Waals surface area contributed by atoms with E-state index >= 15 is 0 Å². The Bertz CT molecular complexity index is 165. The zero-order valence-electron chi connectivity index (χ0n) is 6.26. The Morgan fingerprint density at radius 2 is 2.60 bits per heavy atom. The van der Waals surface area contributed by atoms with E-state index in [2.05, 4.69) is 11.4 Å². The predicted octanol–water partition coefficient (Wildman–Crippen LogP) is 0.551. The fraction of sp³-hybridized carbons (Fsp3) is 0.750. The molecule has 2 aliphatic rings. The van der Waals surface area contributed by atoms with Crippen LogP contribution in [0.3, 0.4) is 0 Å². The lowest BCUT2D eigenvalue weighted by atomic mass is 10.1. The van der Waals surface area contributed by atoms with Gasteiger partial charge in [-0.2, -0.15) is 0 Å². The molecule has 56 valence electrons. The van der Waals surface area contributed by atoms with E-state index in [9.17, 15) is 0 Å². The molecule has 2 nitrogen and oxygen atoms in total. The molecule has 0 aromatic rings. The number of fused-ring (bicyclic) bond motifs is 1. The van der Waals surface area contributed by atoms with Crippen LogP contribution in [-0.4, -0.2) is 26.3 Å². The number of hydrogen-bond acceptors (Lipinski definition) is 2. The first-order valence-electron chi connectivity index (χ1n) is 3.84. The molecule has 0 aromatic heterocycles. The fourth-order valence-corrected chi connectivity index (χ4v) is 1.85. The van der Waals surface area contributed by atoms with E-state index in [1.807, 2.05) is 0 Å². The second-order valence-electron chi connectivity index (χ2n) is 3.08. The Labute approximate surface area is 61.3 Å². The van der Waals surface area contributed by atoms with Crippen molar-refractivity contribution in [1.82, 2.24) is 5.32 Å². The summed E-state index contributed by atoms with van der Waals surface area (Å²) in [7, 11) is 1.79. The van der Waals surface area contributed by atoms with Gasteiger partial charge in [-0.3, -0.25) is 0 Å². The number of nitrogens with one attached hydrogen (secondary N) is 1. The van der Waals surface area contributed by atoms with Crippen LogP contribution in [-0.2, 0) is 4.74 Å². The smallest absolute Gasteiger partial charge is 0.0761 e. The monoisotopic (exact) mass is 139 g/mol. The van der Waals surface area contributed by atoms with Crippen molar-refractivity contribution >= 4 is 0 Å². The van der Waals surface area contributed by atoms with Crippen molar-refractivity contribution in [2.24, 2.45) is 5.92 Å². The summed E-state index contributed by atoms with van der Waals surface area (Å²) in [4.78, 5) is 0. The molecule has 1 aliphatic carbocycles. The van der Waals surface area contributed by atoms with E-state index < -0.39 is 0 Å². The van der Waals surface area contributed by atoms with Gasteiger partial charge in [-0.15, -0.1) is 0 Å². The second-order valence-corrected chi connectivity index (χ2v) is 3.08. The molecule has 1 fully saturated rings. The van der Waals surface area contributed by atoms with Gasteiger partial charge in [0, 0.05) is 20.2 Å². The highest BCUT2D eigenvalue weighted by Crippen LogP contribution is 2.29. The molecule has 2 rings (SSSR count). The molecule has 0 spiro atoms. The van der Waals surface area contributed by atoms with Crippen molar-refractivity contribution in [3.05, 3.63) is 11.6 Å². The summed E-state index contributed by atoms with van der Waals surface area (Å²) in [5, 5.41) is 3.35. The SMILES string of the molecule is COC1C=C2CNCC2C1. The maximum atomic E-state index is 5.24. The molecule has 0 amide bonds. The average Bonchev–Trinajstić information content (AvgIpc) is 2.42. The maximum Gasteiger partial charge on any atom is 0.0761 e. The minimum absolute atomic E-state index is 0.405. The van der Waals surface area contributed by atoms with Crippen molar-refractivity contribution in [3.63, 3.8) is 0 Å². The molecule has 2 unspecified atom stereocenters. The van der Waals surface area contributed by atoms with E-state index in [4.69, 9.17) is 4.74 Å². The van der Waals surface area contributed by atoms with Crippen molar-refractivity contribution < 1.29 is 4.74 Å². The van der Waals surface area contributed by atoms with Gasteiger partial charge in [-0.1, -0.05) is 11.6 Å². The molecule has 1 heterocycles. The largest absolute Gasteiger partial charge is 0.377 e. The molecule has 0 saturated carbocycles. The first-order chi connectivity index (χ1) is 4.90. The van der Waals surface area contributed by atoms with Gasteiger partial charge in [0.15, 0.2) is 0 Å². The van der Waals surface area contributed by atoms with Crippen LogP contribution in [0.5, 0.6) is 0 Å². The summed E-state index contributed by atoms with van der Waals surface area (Å²) >= 11 is 0. The normalized spacial score (nSPS) is 37.9. The summed E-state index contributed by atoms with van der Waals surface area (Å²) in [5.41, 5.74) is 1.56. The molecule has 0 bridgehead atoms. The Morgan fingerprint density at radius 1 is 1.70 bits per heavy atom. The van der Waals surface area contributed by atoms with E-state index in [0.717, 1.165) is 19.0 Å². The first kappa shape index (κ1) is 6.38. The van der Waals surface area contributed by atoms with Crippen LogP contribution >= 0.6 is 0 Å². The predicted molar refractivity (Wildman–Crippen MR) is 39.9 cm³/mol. The molecule has 10 heavy (non-hydrogen) atoms. The third-order valence-corrected chi connectivity index (χ3v) is 2.46. The van der Waals surface area contributed by atoms with Gasteiger partial charge < -0.3 is 10.1 Å². The quantitative estimate of drug-likeness (QED) is 0.536. The van der Waals surface area contributed by atoms with Crippen molar-refractivity contribution in [1.29, 1.82) is 0 Å². The van der Waals surface area contributed by atoms with E-state index in [1.165, 1.54) is 6.42 Å². The van der Waals surface area contributed by atoms with E-state index in [-0.39, 0.29) is 0 Å². The van der Waals surface area contributed by atoms with Gasteiger partial charge in [0.1, 0.15) is 0 Å². The lowest BCUT2D eigenvalue weighted by Crippen LogP contribution is -2.13. The van der Waals surface area contributed by atoms with Crippen LogP contribution in [0.25, 0.3) is 0 Å². The zero-order chi connectivity index (χ0) is 6.97. The lowest BCUT2D eigenvalue weighted by molar-refractivity contribution is 0.133. The van der Waals surface area contributed by atoms with Crippen molar-refractivity contribution in [3.8, 4) is 0 Å². The Balaban J connectivity index is 2.08. The molecule has 1 aliphatic heterocycles. The minimum Gasteiger partial charge on any atom is -0.377 e. The van der Waals surface area contributed by atoms with Crippen LogP contribution in [0.4, 0.5) is 0 Å². The minimum atomic E-state index is 0.405. The standard InChI is InChI=1S/C8H13NO/c1-10-8-2-6-4-9-5-7(6)3-8/h2,7-9H,3-5H2,1H3. The topological polar surface area (TPSA) is 21.3 Å². The number of ether oxygens (including phenoxy) is 1. The number of rotatable bonds is 1. The lowest BCUT2D eigenvalue weighted by Gasteiger charge is -2.06. The van der Waals surface area contributed by atoms with Gasteiger partial charge in [-0.05, 0) is 12.3 Å². The molecule has 1 N–H and O–H groups in total. The molecule has 0 radical (unpaired) electrons. The summed E-state index contributed by atoms with van der Waals surface area (Å²) in [5.74, 6) is 0.782. The average molecular weight is 139 g/mol. The highest BCUT2D eigenvalue weighted by atomic mass is 16.5. The van der Waals surface area contributed by atoms with Gasteiger partial charge in [0.25, 0.3) is 0 Å². The third-order valence-electron chi connectivity index (χ3n) is 2.46. The number of hydrogen-bond donors (Lipinski definition) is 1. The van der Waals surface area contributed by atoms with Gasteiger partial charge in [0.2, 0.25) is 0 Å². The Kier molecular flexibility index (Phi) is 1.51. The van der Waals surface area contributed by atoms with Gasteiger partial charge in [0.05, 0.1) is 6.10 Å². The first-order valence-corrected chi connectivity index (χ1v) is 3.84. The van der Waals surface area contributed by atoms with Crippen molar-refractivity contribution in [2.75, 3.05) is 20.2 Å². The van der Waals surface area contributed by atoms with E-state index in [0.29, 0.717) is 6.10 Å². The van der Waals surface area contributed by atoms with E-state index in [1.54, 1.807) is 12.7 Å². The molecule has 2 atom stereocenters. The Morgan fingerprint density at radius 3 is 3.30 bits per heavy atom. The van der Waals surface area contributed by atoms with Crippen LogP contribution in [0.1, 0.15) is 6.42 Å². The Hall–Kier alpha value is -0.340. The maximum absolute atomic E-state index is 5.24. The fourth-order valence-electron chi connectivity index (χ4n) is 1.85. The van der Waals surface area contributed by atoms with Crippen LogP contribution in [0.15, 0.2) is 11.6 Å². The van der Waals surface area contributed by atoms with Gasteiger partial charge >= 0.3 is 0 Å². The third kappa shape index (κ3) is 0.879. The summed E-state index contributed by atoms with van der Waals surface area (Å²) in [6.07, 6.45) is 3.87. The van der Waals surface area contributed by atoms with Gasteiger partial charge in [-0.25, -0.2) is 0 Å². The second kappa shape index (κ2) is 2.36. The summed E-state index contributed by atoms with van der Waals surface area (Å²) < 4.78 is 5.24. The summed E-state index contributed by atoms with van der Waals surface area (Å²) in [6, 6.07) is 0. The molecular formula is C8H13NO. The zero-order valence-corrected chi connectivity index (χ0v) is 6.26. The molecule has 0 aromatic carbocycles. The highest BCUT2D eigenvalue weighted by molar-refractivity contribution is 5.22. The van der Waals surface area contributed by atoms with Crippen LogP contribution in [0.2, 0.25) is 0 Å². The summed E-state index contributed by atoms with van der Waals surface area (Å²) in [6.45, 7) is 2.25. The molecule has 1 saturated heterocycles. The molecular weight excluding hydrogens is 126 g/mol. The highest BCUT2D eigenvalue weighted by Gasteiger charge is 2.29. The van der Waals surface area contributed by atoms with Crippen molar-refractivity contribution in [2.45, 2.75) is 12.5 Å². The molecule has 2 heteroatoms. The number of methoxy groups -OCH3 is 1.